The highest BCUT2D eigenvalue weighted by atomic mass is 127. The second kappa shape index (κ2) is 6.87. The topological polar surface area (TPSA) is 92.9 Å². The fourth-order valence-electron chi connectivity index (χ4n) is 2.78. The summed E-state index contributed by atoms with van der Waals surface area (Å²) in [6.07, 6.45) is 3.43. The van der Waals surface area contributed by atoms with Crippen molar-refractivity contribution in [1.29, 1.82) is 0 Å². The van der Waals surface area contributed by atoms with Crippen molar-refractivity contribution in [3.8, 4) is 0 Å². The minimum atomic E-state index is -3.04. The lowest BCUT2D eigenvalue weighted by atomic mass is 10.1. The first-order valence-corrected chi connectivity index (χ1v) is 10.4. The van der Waals surface area contributed by atoms with Gasteiger partial charge in [-0.1, -0.05) is 0 Å². The fourth-order valence-corrected chi connectivity index (χ4v) is 4.02. The lowest BCUT2D eigenvalue weighted by molar-refractivity contribution is 0.0950. The predicted octanol–water partition coefficient (Wildman–Crippen LogP) is 4.37. The summed E-state index contributed by atoms with van der Waals surface area (Å²) in [5, 5.41) is 8.28. The Labute approximate surface area is 176 Å². The number of thiazole rings is 1. The number of nitrogens with zero attached hydrogens (tertiary/aromatic N) is 3. The Bertz CT molecular complexity index is 1060. The summed E-state index contributed by atoms with van der Waals surface area (Å²) >= 11 is 2.10. The molecule has 11 heteroatoms. The van der Waals surface area contributed by atoms with E-state index in [1.54, 1.807) is 6.92 Å². The Balaban J connectivity index is 1.58. The van der Waals surface area contributed by atoms with Gasteiger partial charge in [0.2, 0.25) is 5.71 Å². The van der Waals surface area contributed by atoms with E-state index in [4.69, 9.17) is 4.42 Å². The largest absolute Gasteiger partial charge is 0.442 e. The number of carbonyl (C=O) groups is 1. The first-order chi connectivity index (χ1) is 13.2. The molecule has 3 aromatic rings. The molecule has 3 aromatic heterocycles. The van der Waals surface area contributed by atoms with Crippen molar-refractivity contribution in [3.05, 3.63) is 33.7 Å². The van der Waals surface area contributed by atoms with Gasteiger partial charge in [0.15, 0.2) is 0 Å². The zero-order valence-electron chi connectivity index (χ0n) is 15.0. The van der Waals surface area contributed by atoms with Crippen molar-refractivity contribution >= 4 is 56.8 Å². The van der Waals surface area contributed by atoms with E-state index in [1.165, 1.54) is 11.7 Å². The third-order valence-corrected chi connectivity index (χ3v) is 5.96. The van der Waals surface area contributed by atoms with Gasteiger partial charge in [0.1, 0.15) is 28.6 Å². The maximum Gasteiger partial charge on any atom is 0.338 e. The summed E-state index contributed by atoms with van der Waals surface area (Å²) in [5.41, 5.74) is 0.302. The first kappa shape index (κ1) is 19.4. The number of alkyl halides is 3. The van der Waals surface area contributed by atoms with Crippen LogP contribution in [0.15, 0.2) is 16.1 Å². The molecule has 0 radical (unpaired) electrons. The second-order valence-electron chi connectivity index (χ2n) is 6.93. The van der Waals surface area contributed by atoms with Gasteiger partial charge in [-0.05, 0) is 26.7 Å². The number of fused-ring (bicyclic) bond motifs is 1. The van der Waals surface area contributed by atoms with Crippen LogP contribution in [0.25, 0.3) is 11.1 Å². The summed E-state index contributed by atoms with van der Waals surface area (Å²) in [5.74, 6) is 0.566. The van der Waals surface area contributed by atoms with Crippen LogP contribution in [-0.2, 0) is 10.5 Å². The summed E-state index contributed by atoms with van der Waals surface area (Å²) in [6, 6.07) is 0. The van der Waals surface area contributed by atoms with E-state index < -0.39 is 9.84 Å². The van der Waals surface area contributed by atoms with Crippen molar-refractivity contribution in [2.24, 2.45) is 0 Å². The average Bonchev–Trinajstić information content (AvgIpc) is 3.04. The highest BCUT2D eigenvalue weighted by molar-refractivity contribution is 14.1. The lowest BCUT2D eigenvalue weighted by Crippen LogP contribution is -2.24. The van der Waals surface area contributed by atoms with Crippen molar-refractivity contribution in [1.82, 2.24) is 20.3 Å². The molecule has 148 valence electrons. The van der Waals surface area contributed by atoms with Gasteiger partial charge < -0.3 is 15.1 Å². The molecule has 0 saturated heterocycles. The van der Waals surface area contributed by atoms with Crippen LogP contribution in [0.2, 0.25) is 0 Å². The van der Waals surface area contributed by atoms with Crippen molar-refractivity contribution < 1.29 is 18.0 Å². The lowest BCUT2D eigenvalue weighted by Gasteiger charge is -2.13. The van der Waals surface area contributed by atoms with Crippen LogP contribution < -0.4 is 10.6 Å². The number of halogens is 3. The Morgan fingerprint density at radius 2 is 2.18 bits per heavy atom. The number of anilines is 1. The maximum atomic E-state index is 13.3. The molecule has 0 spiro atoms. The number of aromatic nitrogens is 3. The average molecular weight is 519 g/mol. The van der Waals surface area contributed by atoms with Gasteiger partial charge in [-0.15, -0.1) is 11.3 Å². The highest BCUT2D eigenvalue weighted by Crippen LogP contribution is 2.40. The number of aryl methyl sites for hydroxylation is 1. The van der Waals surface area contributed by atoms with E-state index >= 15 is 0 Å². The molecular formula is C17H16F2IN5O2S. The van der Waals surface area contributed by atoms with Crippen LogP contribution in [0.4, 0.5) is 14.6 Å². The summed E-state index contributed by atoms with van der Waals surface area (Å²) in [4.78, 5) is 25.1. The number of hydrogen-bond acceptors (Lipinski definition) is 7. The van der Waals surface area contributed by atoms with Crippen LogP contribution >= 0.6 is 33.9 Å². The number of nitrogens with one attached hydrogen (secondary N) is 2. The smallest absolute Gasteiger partial charge is 0.338 e. The number of carbonyl (C=O) groups excluding carboxylic acids is 1. The molecule has 0 bridgehead atoms. The molecule has 28 heavy (non-hydrogen) atoms. The van der Waals surface area contributed by atoms with Gasteiger partial charge in [-0.2, -0.15) is 8.78 Å². The third kappa shape index (κ3) is 3.81. The van der Waals surface area contributed by atoms with Crippen LogP contribution in [0.3, 0.4) is 0 Å². The van der Waals surface area contributed by atoms with Gasteiger partial charge in [0, 0.05) is 33.5 Å². The third-order valence-electron chi connectivity index (χ3n) is 4.55. The molecular weight excluding hydrogens is 503 g/mol. The molecule has 0 unspecified atom stereocenters. The zero-order chi connectivity index (χ0) is 20.1. The second-order valence-corrected chi connectivity index (χ2v) is 9.23. The molecule has 7 nitrogen and oxygen atoms in total. The predicted molar refractivity (Wildman–Crippen MR) is 109 cm³/mol. The van der Waals surface area contributed by atoms with Crippen molar-refractivity contribution in [2.75, 3.05) is 5.32 Å². The number of amides is 1. The minimum absolute atomic E-state index is 0.0382. The summed E-state index contributed by atoms with van der Waals surface area (Å²) < 4.78 is 29.2. The Morgan fingerprint density at radius 1 is 1.43 bits per heavy atom. The molecule has 2 N–H and O–H groups in total. The molecule has 0 aliphatic heterocycles. The van der Waals surface area contributed by atoms with E-state index in [1.807, 2.05) is 0 Å². The molecule has 1 saturated carbocycles. The standard InChI is InChI=1S/C17H16F2IN5O2S/c1-8-11(14(26)21-5-10-24-9(6-28-10)17(18,19)20)12-13(25-16(2)3-4-16)22-7-23-15(12)27-8/h6-7H,3-5H2,1-2H3,(H,21,26)(H,22,23,25). The quantitative estimate of drug-likeness (QED) is 0.372. The minimum Gasteiger partial charge on any atom is -0.442 e. The van der Waals surface area contributed by atoms with E-state index in [2.05, 4.69) is 32.5 Å². The van der Waals surface area contributed by atoms with E-state index in [-0.39, 0.29) is 17.8 Å². The zero-order valence-corrected chi connectivity index (χ0v) is 18.0. The van der Waals surface area contributed by atoms with Gasteiger partial charge in [-0.3, -0.25) is 4.79 Å². The molecule has 1 aliphatic carbocycles. The Kier molecular flexibility index (Phi) is 4.76. The van der Waals surface area contributed by atoms with Crippen LogP contribution in [0.5, 0.6) is 0 Å². The number of furan rings is 1. The normalized spacial score (nSPS) is 15.6. The monoisotopic (exact) mass is 519 g/mol. The number of rotatable bonds is 6. The molecule has 4 rings (SSSR count). The Hall–Kier alpha value is -1.89. The first-order valence-electron chi connectivity index (χ1n) is 8.48. The van der Waals surface area contributed by atoms with Crippen molar-refractivity contribution in [2.45, 2.75) is 42.7 Å². The van der Waals surface area contributed by atoms with Gasteiger partial charge >= 0.3 is 3.93 Å². The molecule has 1 amide bonds. The summed E-state index contributed by atoms with van der Waals surface area (Å²) in [6.45, 7) is 3.80. The number of hydrogen-bond donors (Lipinski definition) is 2. The highest BCUT2D eigenvalue weighted by Gasteiger charge is 2.38. The van der Waals surface area contributed by atoms with E-state index in [0.29, 0.717) is 33.2 Å². The Morgan fingerprint density at radius 3 is 2.82 bits per heavy atom. The maximum absolute atomic E-state index is 13.3. The van der Waals surface area contributed by atoms with E-state index in [0.717, 1.165) is 46.8 Å². The van der Waals surface area contributed by atoms with Crippen molar-refractivity contribution in [3.63, 3.8) is 0 Å². The molecule has 1 fully saturated rings. The van der Waals surface area contributed by atoms with Gasteiger partial charge in [0.05, 0.1) is 17.5 Å². The summed E-state index contributed by atoms with van der Waals surface area (Å²) in [7, 11) is 0. The van der Waals surface area contributed by atoms with E-state index in [9.17, 15) is 13.6 Å². The van der Waals surface area contributed by atoms with Crippen LogP contribution in [0, 0.1) is 6.92 Å². The SMILES string of the molecule is Cc1oc2ncnc(NC3(C)CC3)c2c1C(=O)NCc1nc(C(F)(F)I)cs1. The van der Waals surface area contributed by atoms with Gasteiger partial charge in [0.25, 0.3) is 5.91 Å². The molecule has 0 aromatic carbocycles. The van der Waals surface area contributed by atoms with Gasteiger partial charge in [-0.25, -0.2) is 15.0 Å². The fraction of sp³-hybridized carbons (Fsp3) is 0.412. The molecule has 3 heterocycles. The molecule has 1 aliphatic rings. The van der Waals surface area contributed by atoms with Crippen LogP contribution in [0.1, 0.15) is 46.6 Å². The molecule has 0 atom stereocenters. The van der Waals surface area contributed by atoms with Crippen LogP contribution in [-0.4, -0.2) is 26.4 Å².